The second-order valence-corrected chi connectivity index (χ2v) is 16.3. The number of hydrogen-bond donors (Lipinski definition) is 0. The first-order chi connectivity index (χ1) is 30.7. The lowest BCUT2D eigenvalue weighted by molar-refractivity contribution is 1.42. The Kier molecular flexibility index (Phi) is 8.57. The molecule has 12 aromatic rings. The van der Waals surface area contributed by atoms with Crippen molar-refractivity contribution in [2.24, 2.45) is 0 Å². The number of fused-ring (bicyclic) bond motifs is 7. The molecule has 1 aromatic heterocycles. The van der Waals surface area contributed by atoms with Crippen LogP contribution in [0.5, 0.6) is 0 Å². The molecule has 0 spiro atoms. The van der Waals surface area contributed by atoms with Crippen LogP contribution >= 0.6 is 0 Å². The van der Waals surface area contributed by atoms with Gasteiger partial charge in [0, 0.05) is 11.6 Å². The van der Waals surface area contributed by atoms with Gasteiger partial charge >= 0.3 is 0 Å². The highest BCUT2D eigenvalue weighted by atomic mass is 14.6. The van der Waals surface area contributed by atoms with Crippen LogP contribution in [0.4, 0.5) is 0 Å². The highest BCUT2D eigenvalue weighted by Gasteiger charge is 2.20. The van der Waals surface area contributed by atoms with Gasteiger partial charge in [0.2, 0.25) is 0 Å². The summed E-state index contributed by atoms with van der Waals surface area (Å²) in [5, 5.41) is 13.4. The van der Waals surface area contributed by atoms with E-state index in [-0.39, 0.29) is 0 Å². The molecule has 0 unspecified atom stereocenters. The van der Waals surface area contributed by atoms with Crippen molar-refractivity contribution in [2.75, 3.05) is 0 Å². The lowest BCUT2D eigenvalue weighted by Gasteiger charge is -2.20. The van der Waals surface area contributed by atoms with Crippen molar-refractivity contribution >= 4 is 76.4 Å². The van der Waals surface area contributed by atoms with E-state index in [1.54, 1.807) is 0 Å². The molecule has 0 amide bonds. The minimum Gasteiger partial charge on any atom is -0.256 e. The molecular formula is C61H39N. The molecule has 11 aromatic carbocycles. The van der Waals surface area contributed by atoms with Crippen molar-refractivity contribution in [3.63, 3.8) is 0 Å². The van der Waals surface area contributed by atoms with E-state index in [2.05, 4.69) is 224 Å². The molecular weight excluding hydrogens is 747 g/mol. The Hall–Kier alpha value is -8.13. The van der Waals surface area contributed by atoms with Gasteiger partial charge in [0.15, 0.2) is 0 Å². The van der Waals surface area contributed by atoms with E-state index in [9.17, 15) is 0 Å². The van der Waals surface area contributed by atoms with Crippen LogP contribution in [0.15, 0.2) is 231 Å². The third-order valence-electron chi connectivity index (χ3n) is 12.6. The van der Waals surface area contributed by atoms with Crippen LogP contribution in [0.1, 0.15) is 16.7 Å². The summed E-state index contributed by atoms with van der Waals surface area (Å²) in [6.45, 7) is 0. The Bertz CT molecular complexity index is 3690. The quantitative estimate of drug-likeness (QED) is 0.0929. The summed E-state index contributed by atoms with van der Waals surface area (Å²) in [7, 11) is 0. The van der Waals surface area contributed by atoms with E-state index >= 15 is 0 Å². The monoisotopic (exact) mass is 785 g/mol. The molecule has 1 heterocycles. The Morgan fingerprint density at radius 1 is 0.323 bits per heavy atom. The van der Waals surface area contributed by atoms with Crippen molar-refractivity contribution in [2.45, 2.75) is 0 Å². The highest BCUT2D eigenvalue weighted by Crippen LogP contribution is 2.47. The number of nitrogens with zero attached hydrogens (tertiary/aromatic N) is 1. The fourth-order valence-electron chi connectivity index (χ4n) is 9.72. The van der Waals surface area contributed by atoms with Crippen LogP contribution < -0.4 is 0 Å². The van der Waals surface area contributed by atoms with Gasteiger partial charge < -0.3 is 0 Å². The third kappa shape index (κ3) is 6.14. The van der Waals surface area contributed by atoms with Crippen LogP contribution in [0.25, 0.3) is 110 Å². The molecule has 0 atom stereocenters. The lowest BCUT2D eigenvalue weighted by atomic mass is 9.83. The molecule has 0 saturated heterocycles. The highest BCUT2D eigenvalue weighted by molar-refractivity contribution is 6.23. The zero-order valence-electron chi connectivity index (χ0n) is 34.0. The van der Waals surface area contributed by atoms with Crippen LogP contribution in [0, 0.1) is 0 Å². The van der Waals surface area contributed by atoms with Gasteiger partial charge in [-0.1, -0.05) is 188 Å². The van der Waals surface area contributed by atoms with Crippen LogP contribution in [-0.2, 0) is 0 Å². The maximum absolute atomic E-state index is 4.86. The molecule has 0 aliphatic heterocycles. The van der Waals surface area contributed by atoms with Crippen LogP contribution in [0.3, 0.4) is 0 Å². The summed E-state index contributed by atoms with van der Waals surface area (Å²) in [5.74, 6) is 0. The summed E-state index contributed by atoms with van der Waals surface area (Å²) in [6, 6.07) is 82.2. The second-order valence-electron chi connectivity index (χ2n) is 16.3. The fourth-order valence-corrected chi connectivity index (χ4v) is 9.72. The summed E-state index contributed by atoms with van der Waals surface area (Å²) in [5.41, 5.74) is 12.9. The van der Waals surface area contributed by atoms with Crippen molar-refractivity contribution in [3.05, 3.63) is 247 Å². The Labute approximate surface area is 360 Å². The normalized spacial score (nSPS) is 11.5. The first-order valence-corrected chi connectivity index (χ1v) is 21.3. The van der Waals surface area contributed by atoms with E-state index in [1.807, 2.05) is 12.3 Å². The molecule has 0 aliphatic carbocycles. The molecule has 0 bridgehead atoms. The smallest absolute Gasteiger partial charge is 0.0714 e. The summed E-state index contributed by atoms with van der Waals surface area (Å²) < 4.78 is 0. The van der Waals surface area contributed by atoms with Crippen molar-refractivity contribution < 1.29 is 0 Å². The van der Waals surface area contributed by atoms with Gasteiger partial charge in [0.1, 0.15) is 0 Å². The average molecular weight is 786 g/mol. The summed E-state index contributed by atoms with van der Waals surface area (Å²) in [4.78, 5) is 4.86. The van der Waals surface area contributed by atoms with E-state index in [4.69, 9.17) is 4.98 Å². The molecule has 288 valence electrons. The van der Waals surface area contributed by atoms with Crippen molar-refractivity contribution in [1.29, 1.82) is 0 Å². The van der Waals surface area contributed by atoms with E-state index < -0.39 is 0 Å². The van der Waals surface area contributed by atoms with Crippen LogP contribution in [0.2, 0.25) is 0 Å². The van der Waals surface area contributed by atoms with E-state index in [0.29, 0.717) is 0 Å². The minimum absolute atomic E-state index is 0.998. The number of pyridine rings is 1. The van der Waals surface area contributed by atoms with Crippen molar-refractivity contribution in [1.82, 2.24) is 4.98 Å². The number of hydrogen-bond acceptors (Lipinski definition) is 1. The van der Waals surface area contributed by atoms with Gasteiger partial charge in [-0.05, 0) is 152 Å². The van der Waals surface area contributed by atoms with Gasteiger partial charge in [0.05, 0.1) is 5.52 Å². The number of rotatable bonds is 6. The molecule has 0 fully saturated rings. The number of aromatic nitrogens is 1. The van der Waals surface area contributed by atoms with E-state index in [0.717, 1.165) is 11.1 Å². The molecule has 1 heteroatoms. The molecule has 12 rings (SSSR count). The van der Waals surface area contributed by atoms with Gasteiger partial charge in [-0.25, -0.2) is 0 Å². The summed E-state index contributed by atoms with van der Waals surface area (Å²) in [6.07, 6.45) is 4.25. The molecule has 0 radical (unpaired) electrons. The molecule has 0 saturated carbocycles. The van der Waals surface area contributed by atoms with Crippen LogP contribution in [-0.4, -0.2) is 4.98 Å². The van der Waals surface area contributed by atoms with E-state index in [1.165, 1.54) is 109 Å². The lowest BCUT2D eigenvalue weighted by Crippen LogP contribution is -1.94. The second kappa shape index (κ2) is 14.9. The molecule has 0 N–H and O–H groups in total. The van der Waals surface area contributed by atoms with Gasteiger partial charge in [-0.2, -0.15) is 0 Å². The van der Waals surface area contributed by atoms with Crippen molar-refractivity contribution in [3.8, 4) is 33.4 Å². The minimum atomic E-state index is 0.998. The zero-order valence-corrected chi connectivity index (χ0v) is 34.0. The maximum Gasteiger partial charge on any atom is 0.0714 e. The predicted molar refractivity (Wildman–Crippen MR) is 265 cm³/mol. The fraction of sp³-hybridized carbons (Fsp3) is 0. The summed E-state index contributed by atoms with van der Waals surface area (Å²) >= 11 is 0. The zero-order chi connectivity index (χ0) is 41.0. The SMILES string of the molecule is C(=C(c1ccccc1)c1ccccc1)c1ccc2c(-c3ccc4ccccc4c3)c3cc(-c4cc5ncccc5c5ccccc45)ccc3c(-c3ccc4ccccc4c3)c2c1. The maximum atomic E-state index is 4.86. The predicted octanol–water partition coefficient (Wildman–Crippen LogP) is 16.6. The van der Waals surface area contributed by atoms with Gasteiger partial charge in [-0.15, -0.1) is 0 Å². The Balaban J connectivity index is 1.20. The first-order valence-electron chi connectivity index (χ1n) is 21.3. The van der Waals surface area contributed by atoms with Gasteiger partial charge in [-0.3, -0.25) is 4.98 Å². The first kappa shape index (κ1) is 35.8. The molecule has 62 heavy (non-hydrogen) atoms. The number of benzene rings is 11. The Morgan fingerprint density at radius 3 is 1.48 bits per heavy atom. The van der Waals surface area contributed by atoms with Gasteiger partial charge in [0.25, 0.3) is 0 Å². The topological polar surface area (TPSA) is 12.9 Å². The molecule has 1 nitrogen and oxygen atoms in total. The average Bonchev–Trinajstić information content (AvgIpc) is 3.34. The molecule has 0 aliphatic rings. The third-order valence-corrected chi connectivity index (χ3v) is 12.6. The largest absolute Gasteiger partial charge is 0.256 e. The standard InChI is InChI=1S/C61H39N/c1-3-16-43(17-4-1)55(44-18-5-2-6-19-44)34-40-25-31-53-57(35-40)60(48-28-26-41-14-7-9-20-45(41)36-48)54-32-30-47(38-58(54)61(53)49-29-27-42-15-8-10-21-46(42)37-49)56-39-59-52(24-13-33-62-59)50-22-11-12-23-51(50)56/h1-39H. The Morgan fingerprint density at radius 2 is 0.839 bits per heavy atom.